The molecule has 2 aliphatic heterocycles. The highest BCUT2D eigenvalue weighted by molar-refractivity contribution is 7.00. The number of para-hydroxylation sites is 1. The summed E-state index contributed by atoms with van der Waals surface area (Å²) in [6.07, 6.45) is 0. The second-order valence-electron chi connectivity index (χ2n) is 20.2. The molecule has 0 aromatic heterocycles. The molecule has 2 nitrogen and oxygen atoms in total. The molecule has 0 bridgehead atoms. The maximum absolute atomic E-state index is 2.54. The standard InChI is InChI=1S/C63H55BN2/c1-61(2,3)46-31-36-52(37-32-46)66-57-40-35-51(62(4,5)6)43-55(57)64-54-29-19-20-30-56(54)65(58-41-45(42-59(66)60(58)64)44-21-11-7-12-22-44)53-38-33-50(34-39-53)63(47-23-13-8-14-24-47,48-25-15-9-16-26-48)49-27-17-10-18-28-49/h7-43H,1-6H3. The fraction of sp³-hybridized carbons (Fsp3) is 0.143. The highest BCUT2D eigenvalue weighted by atomic mass is 15.2. The van der Waals surface area contributed by atoms with Crippen molar-refractivity contribution in [2.24, 2.45) is 0 Å². The van der Waals surface area contributed by atoms with E-state index in [-0.39, 0.29) is 17.5 Å². The highest BCUT2D eigenvalue weighted by Gasteiger charge is 2.44. The van der Waals surface area contributed by atoms with Crippen LogP contribution in [0, 0.1) is 0 Å². The van der Waals surface area contributed by atoms with E-state index in [1.807, 2.05) is 0 Å². The van der Waals surface area contributed by atoms with Gasteiger partial charge in [-0.3, -0.25) is 0 Å². The summed E-state index contributed by atoms with van der Waals surface area (Å²) >= 11 is 0. The Kier molecular flexibility index (Phi) is 10.0. The van der Waals surface area contributed by atoms with Gasteiger partial charge < -0.3 is 9.80 Å². The molecule has 3 heteroatoms. The summed E-state index contributed by atoms with van der Waals surface area (Å²) in [7, 11) is 0. The summed E-state index contributed by atoms with van der Waals surface area (Å²) in [4.78, 5) is 5.08. The van der Waals surface area contributed by atoms with Gasteiger partial charge in [-0.15, -0.1) is 0 Å². The number of benzene rings is 9. The Labute approximate surface area is 392 Å². The minimum atomic E-state index is -0.545. The summed E-state index contributed by atoms with van der Waals surface area (Å²) < 4.78 is 0. The summed E-state index contributed by atoms with van der Waals surface area (Å²) in [6, 6.07) is 83.9. The van der Waals surface area contributed by atoms with Crippen LogP contribution < -0.4 is 26.2 Å². The first-order valence-corrected chi connectivity index (χ1v) is 23.5. The first-order chi connectivity index (χ1) is 32.0. The third-order valence-electron chi connectivity index (χ3n) is 14.1. The van der Waals surface area contributed by atoms with Gasteiger partial charge >= 0.3 is 0 Å². The van der Waals surface area contributed by atoms with E-state index >= 15 is 0 Å². The first-order valence-electron chi connectivity index (χ1n) is 23.5. The zero-order valence-electron chi connectivity index (χ0n) is 38.8. The smallest absolute Gasteiger partial charge is 0.252 e. The molecule has 320 valence electrons. The van der Waals surface area contributed by atoms with Crippen molar-refractivity contribution in [3.63, 3.8) is 0 Å². The van der Waals surface area contributed by atoms with E-state index in [2.05, 4.69) is 276 Å². The maximum Gasteiger partial charge on any atom is 0.252 e. The van der Waals surface area contributed by atoms with Gasteiger partial charge in [-0.05, 0) is 120 Å². The lowest BCUT2D eigenvalue weighted by atomic mass is 9.33. The van der Waals surface area contributed by atoms with Crippen LogP contribution in [-0.4, -0.2) is 6.71 Å². The molecule has 0 spiro atoms. The second kappa shape index (κ2) is 16.0. The van der Waals surface area contributed by atoms with Crippen LogP contribution in [-0.2, 0) is 16.2 Å². The summed E-state index contributed by atoms with van der Waals surface area (Å²) in [5.74, 6) is 0. The minimum absolute atomic E-state index is 0.0229. The van der Waals surface area contributed by atoms with Crippen molar-refractivity contribution in [1.29, 1.82) is 0 Å². The Morgan fingerprint density at radius 2 is 0.697 bits per heavy atom. The zero-order chi connectivity index (χ0) is 45.2. The molecule has 0 radical (unpaired) electrons. The lowest BCUT2D eigenvalue weighted by Crippen LogP contribution is -2.61. The normalized spacial score (nSPS) is 13.2. The molecule has 0 N–H and O–H groups in total. The Bertz CT molecular complexity index is 3090. The molecular weight excluding hydrogens is 796 g/mol. The fourth-order valence-electron chi connectivity index (χ4n) is 10.8. The number of nitrogens with zero attached hydrogens (tertiary/aromatic N) is 2. The van der Waals surface area contributed by atoms with Crippen LogP contribution in [0.3, 0.4) is 0 Å². The van der Waals surface area contributed by atoms with E-state index in [1.165, 1.54) is 83.6 Å². The topological polar surface area (TPSA) is 6.48 Å². The van der Waals surface area contributed by atoms with E-state index in [0.717, 1.165) is 11.4 Å². The largest absolute Gasteiger partial charge is 0.311 e. The average Bonchev–Trinajstić information content (AvgIpc) is 3.35. The number of hydrogen-bond donors (Lipinski definition) is 0. The van der Waals surface area contributed by atoms with Gasteiger partial charge in [-0.25, -0.2) is 0 Å². The first kappa shape index (κ1) is 41.4. The lowest BCUT2D eigenvalue weighted by molar-refractivity contribution is 0.590. The van der Waals surface area contributed by atoms with Crippen LogP contribution >= 0.6 is 0 Å². The predicted molar refractivity (Wildman–Crippen MR) is 282 cm³/mol. The maximum atomic E-state index is 2.54. The van der Waals surface area contributed by atoms with E-state index < -0.39 is 5.41 Å². The van der Waals surface area contributed by atoms with Crippen LogP contribution in [0.25, 0.3) is 11.1 Å². The van der Waals surface area contributed by atoms with Gasteiger partial charge in [-0.2, -0.15) is 0 Å². The summed E-state index contributed by atoms with van der Waals surface area (Å²) in [5.41, 5.74) is 20.5. The Morgan fingerprint density at radius 3 is 1.18 bits per heavy atom. The van der Waals surface area contributed by atoms with Crippen molar-refractivity contribution in [2.45, 2.75) is 57.8 Å². The monoisotopic (exact) mass is 850 g/mol. The van der Waals surface area contributed by atoms with Crippen molar-refractivity contribution in [3.8, 4) is 11.1 Å². The molecule has 0 amide bonds. The molecule has 2 aliphatic rings. The quantitative estimate of drug-likeness (QED) is 0.116. The number of anilines is 6. The number of rotatable bonds is 7. The molecule has 2 heterocycles. The Balaban J connectivity index is 1.18. The van der Waals surface area contributed by atoms with Gasteiger partial charge in [0.15, 0.2) is 0 Å². The van der Waals surface area contributed by atoms with Crippen molar-refractivity contribution < 1.29 is 0 Å². The van der Waals surface area contributed by atoms with Gasteiger partial charge in [0.05, 0.1) is 5.41 Å². The molecule has 0 saturated carbocycles. The molecular formula is C63H55BN2. The Morgan fingerprint density at radius 1 is 0.303 bits per heavy atom. The predicted octanol–water partition coefficient (Wildman–Crippen LogP) is 14.4. The number of hydrogen-bond acceptors (Lipinski definition) is 2. The van der Waals surface area contributed by atoms with Crippen molar-refractivity contribution in [3.05, 3.63) is 258 Å². The molecule has 9 aromatic carbocycles. The molecule has 0 saturated heterocycles. The SMILES string of the molecule is CC(C)(C)c1ccc(N2c3ccc(C(C)(C)C)cc3B3c4ccccc4N(c4ccc(C(c5ccccc5)(c5ccccc5)c5ccccc5)cc4)c4cc(-c5ccccc5)cc2c43)cc1. The van der Waals surface area contributed by atoms with Crippen LogP contribution in [0.5, 0.6) is 0 Å². The van der Waals surface area contributed by atoms with Gasteiger partial charge in [-0.1, -0.05) is 217 Å². The minimum Gasteiger partial charge on any atom is -0.311 e. The summed E-state index contributed by atoms with van der Waals surface area (Å²) in [6.45, 7) is 13.9. The van der Waals surface area contributed by atoms with Crippen molar-refractivity contribution >= 4 is 57.2 Å². The fourth-order valence-corrected chi connectivity index (χ4v) is 10.8. The van der Waals surface area contributed by atoms with Crippen LogP contribution in [0.2, 0.25) is 0 Å². The molecule has 0 fully saturated rings. The third kappa shape index (κ3) is 6.80. The molecule has 11 rings (SSSR count). The Hall–Kier alpha value is -7.36. The molecule has 0 atom stereocenters. The molecule has 0 aliphatic carbocycles. The molecule has 66 heavy (non-hydrogen) atoms. The molecule has 0 unspecified atom stereocenters. The highest BCUT2D eigenvalue weighted by Crippen LogP contribution is 2.49. The van der Waals surface area contributed by atoms with Gasteiger partial charge in [0.2, 0.25) is 0 Å². The van der Waals surface area contributed by atoms with E-state index in [4.69, 9.17) is 0 Å². The van der Waals surface area contributed by atoms with E-state index in [9.17, 15) is 0 Å². The molecule has 9 aromatic rings. The van der Waals surface area contributed by atoms with Crippen molar-refractivity contribution in [2.75, 3.05) is 9.80 Å². The van der Waals surface area contributed by atoms with Crippen LogP contribution in [0.1, 0.15) is 74.9 Å². The van der Waals surface area contributed by atoms with Crippen molar-refractivity contribution in [1.82, 2.24) is 0 Å². The average molecular weight is 851 g/mol. The van der Waals surface area contributed by atoms with E-state index in [0.29, 0.717) is 0 Å². The third-order valence-corrected chi connectivity index (χ3v) is 14.1. The zero-order valence-corrected chi connectivity index (χ0v) is 38.8. The van der Waals surface area contributed by atoms with Gasteiger partial charge in [0, 0.05) is 34.1 Å². The summed E-state index contributed by atoms with van der Waals surface area (Å²) in [5, 5.41) is 0. The van der Waals surface area contributed by atoms with E-state index in [1.54, 1.807) is 0 Å². The second-order valence-corrected chi connectivity index (χ2v) is 20.2. The van der Waals surface area contributed by atoms with Crippen LogP contribution in [0.4, 0.5) is 34.1 Å². The number of fused-ring (bicyclic) bond motifs is 4. The van der Waals surface area contributed by atoms with Gasteiger partial charge in [0.25, 0.3) is 6.71 Å². The van der Waals surface area contributed by atoms with Gasteiger partial charge in [0.1, 0.15) is 0 Å². The van der Waals surface area contributed by atoms with Crippen LogP contribution in [0.15, 0.2) is 224 Å². The lowest BCUT2D eigenvalue weighted by Gasteiger charge is -2.45.